The molecular weight excluding hydrogens is 637 g/mol. The van der Waals surface area contributed by atoms with Gasteiger partial charge in [-0.15, -0.1) is 11.3 Å². The molecule has 238 valence electrons. The van der Waals surface area contributed by atoms with Crippen molar-refractivity contribution in [3.05, 3.63) is 182 Å². The maximum atomic E-state index is 2.48. The summed E-state index contributed by atoms with van der Waals surface area (Å²) in [5.41, 5.74) is 12.1. The lowest BCUT2D eigenvalue weighted by Gasteiger charge is -2.12. The monoisotopic (exact) mass is 666 g/mol. The van der Waals surface area contributed by atoms with Gasteiger partial charge in [0.05, 0.1) is 22.1 Å². The molecule has 0 atom stereocenters. The Hall–Kier alpha value is -6.42. The Bertz CT molecular complexity index is 3120. The van der Waals surface area contributed by atoms with Crippen molar-refractivity contribution in [1.29, 1.82) is 0 Å². The molecule has 3 heteroatoms. The van der Waals surface area contributed by atoms with Gasteiger partial charge in [-0.2, -0.15) is 0 Å². The highest BCUT2D eigenvalue weighted by molar-refractivity contribution is 7.25. The number of aromatic nitrogens is 2. The van der Waals surface area contributed by atoms with Crippen LogP contribution in [0.4, 0.5) is 0 Å². The lowest BCUT2D eigenvalue weighted by Crippen LogP contribution is -1.95. The van der Waals surface area contributed by atoms with Crippen LogP contribution in [-0.2, 0) is 0 Å². The third-order valence-electron chi connectivity index (χ3n) is 10.5. The molecule has 51 heavy (non-hydrogen) atoms. The van der Waals surface area contributed by atoms with Gasteiger partial charge < -0.3 is 9.13 Å². The molecule has 0 aliphatic carbocycles. The van der Waals surface area contributed by atoms with E-state index in [2.05, 4.69) is 191 Å². The third-order valence-corrected chi connectivity index (χ3v) is 11.7. The number of benzene rings is 8. The summed E-state index contributed by atoms with van der Waals surface area (Å²) >= 11 is 1.87. The average Bonchev–Trinajstić information content (AvgIpc) is 3.86. The third kappa shape index (κ3) is 4.29. The van der Waals surface area contributed by atoms with Crippen LogP contribution < -0.4 is 0 Å². The second-order valence-corrected chi connectivity index (χ2v) is 14.4. The van der Waals surface area contributed by atoms with Crippen molar-refractivity contribution < 1.29 is 0 Å². The molecular formula is C48H30N2S. The molecule has 11 rings (SSSR count). The molecule has 0 amide bonds. The van der Waals surface area contributed by atoms with Gasteiger partial charge in [-0.05, 0) is 82.9 Å². The lowest BCUT2D eigenvalue weighted by atomic mass is 9.99. The summed E-state index contributed by atoms with van der Waals surface area (Å²) in [6.45, 7) is 0. The Kier molecular flexibility index (Phi) is 6.16. The zero-order chi connectivity index (χ0) is 33.5. The smallest absolute Gasteiger partial charge is 0.0641 e. The minimum Gasteiger partial charge on any atom is -0.309 e. The number of para-hydroxylation sites is 2. The number of thiophene rings is 1. The van der Waals surface area contributed by atoms with Crippen LogP contribution in [0.3, 0.4) is 0 Å². The van der Waals surface area contributed by atoms with E-state index in [1.807, 2.05) is 11.3 Å². The fraction of sp³-hybridized carbons (Fsp3) is 0. The van der Waals surface area contributed by atoms with E-state index in [0.717, 1.165) is 5.69 Å². The molecule has 0 N–H and O–H groups in total. The van der Waals surface area contributed by atoms with Gasteiger partial charge in [-0.25, -0.2) is 0 Å². The Morgan fingerprint density at radius 1 is 0.314 bits per heavy atom. The van der Waals surface area contributed by atoms with E-state index in [1.54, 1.807) is 0 Å². The van der Waals surface area contributed by atoms with Gasteiger partial charge in [0, 0.05) is 53.1 Å². The number of fused-ring (bicyclic) bond motifs is 10. The van der Waals surface area contributed by atoms with E-state index in [4.69, 9.17) is 0 Å². The van der Waals surface area contributed by atoms with Gasteiger partial charge in [-0.1, -0.05) is 121 Å². The molecule has 3 heterocycles. The van der Waals surface area contributed by atoms with Crippen molar-refractivity contribution in [3.8, 4) is 33.6 Å². The normalized spacial score (nSPS) is 11.9. The van der Waals surface area contributed by atoms with Gasteiger partial charge in [0.1, 0.15) is 0 Å². The maximum Gasteiger partial charge on any atom is 0.0641 e. The Balaban J connectivity index is 1.14. The van der Waals surface area contributed by atoms with Gasteiger partial charge in [-0.3, -0.25) is 0 Å². The number of rotatable bonds is 4. The van der Waals surface area contributed by atoms with E-state index in [-0.39, 0.29) is 0 Å². The summed E-state index contributed by atoms with van der Waals surface area (Å²) < 4.78 is 7.58. The predicted octanol–water partition coefficient (Wildman–Crippen LogP) is 13.6. The van der Waals surface area contributed by atoms with Crippen LogP contribution in [0.5, 0.6) is 0 Å². The van der Waals surface area contributed by atoms with Crippen molar-refractivity contribution >= 4 is 75.1 Å². The summed E-state index contributed by atoms with van der Waals surface area (Å²) in [6.07, 6.45) is 0. The predicted molar refractivity (Wildman–Crippen MR) is 219 cm³/mol. The second kappa shape index (κ2) is 11.0. The fourth-order valence-electron chi connectivity index (χ4n) is 8.22. The molecule has 0 aliphatic heterocycles. The molecule has 0 radical (unpaired) electrons. The van der Waals surface area contributed by atoms with E-state index < -0.39 is 0 Å². The molecule has 0 spiro atoms. The van der Waals surface area contributed by atoms with Crippen LogP contribution in [0.2, 0.25) is 0 Å². The second-order valence-electron chi connectivity index (χ2n) is 13.3. The molecule has 0 aliphatic rings. The minimum atomic E-state index is 1.15. The van der Waals surface area contributed by atoms with Crippen molar-refractivity contribution in [2.45, 2.75) is 0 Å². The standard InChI is InChI=1S/C48H30N2S/c1-2-11-31(12-3-1)33-13-10-14-34(29-33)32-21-23-35(24-22-32)50-42-18-7-4-15-37(42)39-26-27-44-47(48(39)50)40-17-5-8-19-43(40)49(44)36-25-28-46-41(30-36)38-16-6-9-20-45(38)51-46/h1-30H. The quantitative estimate of drug-likeness (QED) is 0.177. The average molecular weight is 667 g/mol. The van der Waals surface area contributed by atoms with E-state index in [0.29, 0.717) is 0 Å². The molecule has 0 fully saturated rings. The lowest BCUT2D eigenvalue weighted by molar-refractivity contribution is 1.18. The molecule has 0 saturated heterocycles. The highest BCUT2D eigenvalue weighted by Gasteiger charge is 2.21. The Labute approximate surface area is 298 Å². The van der Waals surface area contributed by atoms with Gasteiger partial charge in [0.15, 0.2) is 0 Å². The van der Waals surface area contributed by atoms with Crippen LogP contribution in [0.1, 0.15) is 0 Å². The largest absolute Gasteiger partial charge is 0.309 e. The fourth-order valence-corrected chi connectivity index (χ4v) is 9.31. The van der Waals surface area contributed by atoms with Crippen LogP contribution >= 0.6 is 11.3 Å². The first-order valence-electron chi connectivity index (χ1n) is 17.4. The molecule has 0 saturated carbocycles. The molecule has 0 unspecified atom stereocenters. The van der Waals surface area contributed by atoms with Crippen LogP contribution in [0, 0.1) is 0 Å². The maximum absolute atomic E-state index is 2.48. The van der Waals surface area contributed by atoms with Crippen molar-refractivity contribution in [1.82, 2.24) is 9.13 Å². The first-order chi connectivity index (χ1) is 25.3. The topological polar surface area (TPSA) is 9.86 Å². The minimum absolute atomic E-state index is 1.15. The summed E-state index contributed by atoms with van der Waals surface area (Å²) in [6, 6.07) is 66.6. The van der Waals surface area contributed by atoms with E-state index >= 15 is 0 Å². The van der Waals surface area contributed by atoms with E-state index in [1.165, 1.54) is 91.7 Å². The summed E-state index contributed by atoms with van der Waals surface area (Å²) in [4.78, 5) is 0. The van der Waals surface area contributed by atoms with Crippen molar-refractivity contribution in [2.24, 2.45) is 0 Å². The van der Waals surface area contributed by atoms with Crippen LogP contribution in [0.15, 0.2) is 182 Å². The highest BCUT2D eigenvalue weighted by Crippen LogP contribution is 2.43. The zero-order valence-electron chi connectivity index (χ0n) is 27.6. The number of hydrogen-bond acceptors (Lipinski definition) is 1. The van der Waals surface area contributed by atoms with Crippen LogP contribution in [-0.4, -0.2) is 9.13 Å². The van der Waals surface area contributed by atoms with Gasteiger partial charge in [0.2, 0.25) is 0 Å². The molecule has 11 aromatic rings. The molecule has 2 nitrogen and oxygen atoms in total. The summed E-state index contributed by atoms with van der Waals surface area (Å²) in [5, 5.41) is 7.68. The summed E-state index contributed by atoms with van der Waals surface area (Å²) in [7, 11) is 0. The van der Waals surface area contributed by atoms with E-state index in [9.17, 15) is 0 Å². The van der Waals surface area contributed by atoms with Crippen molar-refractivity contribution in [2.75, 3.05) is 0 Å². The van der Waals surface area contributed by atoms with Crippen LogP contribution in [0.25, 0.3) is 97.4 Å². The number of hydrogen-bond donors (Lipinski definition) is 0. The first-order valence-corrected chi connectivity index (χ1v) is 18.3. The Morgan fingerprint density at radius 2 is 0.922 bits per heavy atom. The van der Waals surface area contributed by atoms with Gasteiger partial charge in [0.25, 0.3) is 0 Å². The highest BCUT2D eigenvalue weighted by atomic mass is 32.1. The zero-order valence-corrected chi connectivity index (χ0v) is 28.4. The first kappa shape index (κ1) is 28.4. The molecule has 8 aromatic carbocycles. The molecule has 3 aromatic heterocycles. The number of nitrogens with zero attached hydrogens (tertiary/aromatic N) is 2. The van der Waals surface area contributed by atoms with Gasteiger partial charge >= 0.3 is 0 Å². The van der Waals surface area contributed by atoms with Crippen molar-refractivity contribution in [3.63, 3.8) is 0 Å². The SMILES string of the molecule is c1ccc(-c2cccc(-c3ccc(-n4c5ccccc5c5ccc6c(c7ccccc7n6-c6ccc7sc8ccccc8c7c6)c54)cc3)c2)cc1. The summed E-state index contributed by atoms with van der Waals surface area (Å²) in [5.74, 6) is 0. The molecule has 0 bridgehead atoms. The Morgan fingerprint density at radius 3 is 1.73 bits per heavy atom.